The monoisotopic (exact) mass is 772 g/mol. The molecule has 0 atom stereocenters. The Morgan fingerprint density at radius 3 is 1.70 bits per heavy atom. The Morgan fingerprint density at radius 2 is 1.22 bits per heavy atom. The summed E-state index contributed by atoms with van der Waals surface area (Å²) in [5.74, 6) is 0. The standard InChI is InChI=1S/C25H25.C13H10.C9H13.2ClH.Zr/c1-14-12-24(3,4)22-8-16-7-17-9-23-19(15(2)13-25(23,5)6)11-21(17)20(16)10-18(14)22;1-3-7-12(8-4-1)11-13-9-5-2-6-10-13;1-9(2,3)8-6-4-5-7-8;;;/h8-12H,7H2,1-6H3;1-10H;6-7H,4H2,1-3H3;2*1H;/q-1;;-1;;;+2/p-2. The summed E-state index contributed by atoms with van der Waals surface area (Å²) in [4.78, 5) is 0. The Morgan fingerprint density at radius 1 is 0.700 bits per heavy atom. The predicted molar refractivity (Wildman–Crippen MR) is 203 cm³/mol. The van der Waals surface area contributed by atoms with Gasteiger partial charge in [0.2, 0.25) is 0 Å². The van der Waals surface area contributed by atoms with Gasteiger partial charge in [0.05, 0.1) is 0 Å². The van der Waals surface area contributed by atoms with Crippen molar-refractivity contribution in [2.75, 3.05) is 0 Å². The Kier molecular flexibility index (Phi) is 12.3. The second-order valence-electron chi connectivity index (χ2n) is 15.8. The molecule has 0 amide bonds. The molecule has 0 spiro atoms. The molecule has 4 aliphatic rings. The van der Waals surface area contributed by atoms with E-state index >= 15 is 0 Å². The van der Waals surface area contributed by atoms with Crippen molar-refractivity contribution in [2.24, 2.45) is 5.41 Å². The van der Waals surface area contributed by atoms with E-state index in [9.17, 15) is 0 Å². The summed E-state index contributed by atoms with van der Waals surface area (Å²) in [6, 6.07) is 30.9. The van der Waals surface area contributed by atoms with Gasteiger partial charge in [-0.2, -0.15) is 17.2 Å². The topological polar surface area (TPSA) is 0 Å². The van der Waals surface area contributed by atoms with Crippen molar-refractivity contribution >= 4 is 14.4 Å². The molecule has 3 heteroatoms. The Bertz CT molecular complexity index is 1890. The zero-order valence-corrected chi connectivity index (χ0v) is 35.0. The van der Waals surface area contributed by atoms with Crippen molar-refractivity contribution in [3.05, 3.63) is 165 Å². The van der Waals surface area contributed by atoms with Crippen LogP contribution in [-0.2, 0) is 41.5 Å². The van der Waals surface area contributed by atoms with Gasteiger partial charge < -0.3 is 24.8 Å². The molecule has 0 bridgehead atoms. The van der Waals surface area contributed by atoms with Gasteiger partial charge in [-0.3, -0.25) is 12.2 Å². The minimum atomic E-state index is 0. The van der Waals surface area contributed by atoms with Crippen LogP contribution in [0.5, 0.6) is 0 Å². The first-order chi connectivity index (χ1) is 22.7. The van der Waals surface area contributed by atoms with Gasteiger partial charge in [0.25, 0.3) is 0 Å². The summed E-state index contributed by atoms with van der Waals surface area (Å²) in [6.45, 7) is 20.4. The van der Waals surface area contributed by atoms with E-state index in [0.717, 1.165) is 12.8 Å². The fourth-order valence-electron chi connectivity index (χ4n) is 7.57. The SMILES string of the molecule is CC(C)(C)C1=CC[C-]=C1.CC1=[C-]C(C)(C)c2cc3c(cc21)-c1cc2c(cc1C3)C(C)(C)C=C2C.[Cl-].[Cl-].[Zr+2]=[C](c1ccccc1)c1ccccc1. The minimum absolute atomic E-state index is 0. The summed E-state index contributed by atoms with van der Waals surface area (Å²) >= 11 is 1.46. The number of hydrogen-bond donors (Lipinski definition) is 0. The first kappa shape index (κ1) is 40.0. The molecule has 4 aromatic rings. The van der Waals surface area contributed by atoms with Crippen LogP contribution in [0.25, 0.3) is 22.3 Å². The van der Waals surface area contributed by atoms with Crippen molar-refractivity contribution in [2.45, 2.75) is 86.0 Å². The van der Waals surface area contributed by atoms with Gasteiger partial charge >= 0.3 is 99.2 Å². The molecule has 0 unspecified atom stereocenters. The maximum atomic E-state index is 3.65. The third-order valence-electron chi connectivity index (χ3n) is 10.1. The quantitative estimate of drug-likeness (QED) is 0.194. The van der Waals surface area contributed by atoms with Crippen LogP contribution in [-0.4, -0.2) is 3.21 Å². The van der Waals surface area contributed by atoms with Crippen molar-refractivity contribution in [1.82, 2.24) is 0 Å². The molecular formula is C47H48Cl2Zr-2. The second-order valence-corrected chi connectivity index (χ2v) is 17.0. The van der Waals surface area contributed by atoms with Crippen LogP contribution in [0, 0.1) is 17.6 Å². The maximum absolute atomic E-state index is 3.65. The van der Waals surface area contributed by atoms with Gasteiger partial charge in [-0.15, -0.1) is 18.1 Å². The van der Waals surface area contributed by atoms with E-state index in [-0.39, 0.29) is 35.6 Å². The van der Waals surface area contributed by atoms with E-state index in [1.165, 1.54) is 99.8 Å². The zero-order chi connectivity index (χ0) is 34.4. The van der Waals surface area contributed by atoms with Crippen LogP contribution in [0.1, 0.15) is 113 Å². The van der Waals surface area contributed by atoms with E-state index < -0.39 is 0 Å². The van der Waals surface area contributed by atoms with Gasteiger partial charge in [0.1, 0.15) is 0 Å². The number of allylic oxidation sites excluding steroid dienone is 8. The zero-order valence-electron chi connectivity index (χ0n) is 31.0. The predicted octanol–water partition coefficient (Wildman–Crippen LogP) is 5.98. The fraction of sp³-hybridized carbons (Fsp3) is 0.298. The van der Waals surface area contributed by atoms with Crippen LogP contribution in [0.15, 0.2) is 109 Å². The Hall–Kier alpha value is -2.83. The fourth-order valence-corrected chi connectivity index (χ4v) is 8.39. The first-order valence-corrected chi connectivity index (χ1v) is 18.5. The summed E-state index contributed by atoms with van der Waals surface area (Å²) in [5.41, 5.74) is 19.0. The van der Waals surface area contributed by atoms with Gasteiger partial charge in [0.15, 0.2) is 0 Å². The van der Waals surface area contributed by atoms with Crippen LogP contribution >= 0.6 is 0 Å². The molecule has 0 heterocycles. The van der Waals surface area contributed by atoms with Gasteiger partial charge in [0, 0.05) is 5.41 Å². The van der Waals surface area contributed by atoms with Gasteiger partial charge in [-0.1, -0.05) is 84.4 Å². The van der Waals surface area contributed by atoms with Crippen LogP contribution in [0.4, 0.5) is 0 Å². The Balaban J connectivity index is 0.000000190. The molecule has 4 aliphatic carbocycles. The molecule has 0 aliphatic heterocycles. The van der Waals surface area contributed by atoms with Crippen LogP contribution in [0.3, 0.4) is 0 Å². The number of hydrogen-bond acceptors (Lipinski definition) is 0. The van der Waals surface area contributed by atoms with Crippen molar-refractivity contribution in [1.29, 1.82) is 0 Å². The number of rotatable bonds is 2. The third kappa shape index (κ3) is 8.12. The molecule has 0 radical (unpaired) electrons. The third-order valence-corrected chi connectivity index (χ3v) is 11.5. The molecular weight excluding hydrogens is 727 g/mol. The Labute approximate surface area is 329 Å². The average Bonchev–Trinajstić information content (AvgIpc) is 3.81. The van der Waals surface area contributed by atoms with E-state index in [1.54, 1.807) is 0 Å². The first-order valence-electron chi connectivity index (χ1n) is 17.3. The molecule has 0 nitrogen and oxygen atoms in total. The van der Waals surface area contributed by atoms with Crippen molar-refractivity contribution < 1.29 is 49.0 Å². The van der Waals surface area contributed by atoms with E-state index in [4.69, 9.17) is 0 Å². The van der Waals surface area contributed by atoms with E-state index in [1.807, 2.05) is 0 Å². The van der Waals surface area contributed by atoms with Crippen LogP contribution < -0.4 is 24.8 Å². The van der Waals surface area contributed by atoms with E-state index in [2.05, 4.69) is 178 Å². The number of fused-ring (bicyclic) bond motifs is 5. The molecule has 0 fully saturated rings. The molecule has 0 N–H and O–H groups in total. The number of halogens is 2. The number of benzene rings is 4. The summed E-state index contributed by atoms with van der Waals surface area (Å²) in [7, 11) is 0. The second kappa shape index (κ2) is 15.4. The molecule has 0 aromatic heterocycles. The molecule has 0 saturated carbocycles. The molecule has 0 saturated heterocycles. The van der Waals surface area contributed by atoms with Crippen LogP contribution in [0.2, 0.25) is 0 Å². The van der Waals surface area contributed by atoms with Crippen molar-refractivity contribution in [3.8, 4) is 11.1 Å². The average molecular weight is 775 g/mol. The van der Waals surface area contributed by atoms with Crippen molar-refractivity contribution in [3.63, 3.8) is 0 Å². The summed E-state index contributed by atoms with van der Waals surface area (Å²) in [6.07, 6.45) is 15.6. The van der Waals surface area contributed by atoms with E-state index in [0.29, 0.717) is 5.41 Å². The molecule has 50 heavy (non-hydrogen) atoms. The summed E-state index contributed by atoms with van der Waals surface area (Å²) in [5, 5.41) is 0. The normalized spacial score (nSPS) is 16.3. The van der Waals surface area contributed by atoms with Gasteiger partial charge in [-0.25, -0.2) is 11.6 Å². The molecule has 256 valence electrons. The molecule has 8 rings (SSSR count). The summed E-state index contributed by atoms with van der Waals surface area (Å²) < 4.78 is 1.42. The van der Waals surface area contributed by atoms with Gasteiger partial charge in [-0.05, 0) is 58.4 Å². The molecule has 4 aromatic carbocycles.